The summed E-state index contributed by atoms with van der Waals surface area (Å²) in [5, 5.41) is 5.12. The van der Waals surface area contributed by atoms with Crippen LogP contribution >= 0.6 is 34.8 Å². The van der Waals surface area contributed by atoms with Crippen LogP contribution in [0.2, 0.25) is 15.1 Å². The molecule has 0 fully saturated rings. The Balaban J connectivity index is 1.68. The molecule has 1 N–H and O–H groups in total. The Morgan fingerprint density at radius 3 is 2.19 bits per heavy atom. The van der Waals surface area contributed by atoms with Crippen molar-refractivity contribution >= 4 is 40.5 Å². The van der Waals surface area contributed by atoms with Crippen molar-refractivity contribution in [2.24, 2.45) is 0 Å². The van der Waals surface area contributed by atoms with E-state index in [-0.39, 0.29) is 0 Å². The van der Waals surface area contributed by atoms with Crippen molar-refractivity contribution in [3.8, 4) is 5.75 Å². The van der Waals surface area contributed by atoms with Gasteiger partial charge < -0.3 is 10.1 Å². The Morgan fingerprint density at radius 1 is 0.852 bits per heavy atom. The molecule has 5 heteroatoms. The third-order valence-electron chi connectivity index (χ3n) is 4.44. The number of anilines is 1. The molecular formula is C22H20Cl3NO. The molecule has 0 aliphatic rings. The van der Waals surface area contributed by atoms with Crippen LogP contribution in [0.5, 0.6) is 5.75 Å². The smallest absolute Gasteiger partial charge is 0.156 e. The van der Waals surface area contributed by atoms with E-state index in [0.717, 1.165) is 16.8 Å². The van der Waals surface area contributed by atoms with E-state index in [1.165, 1.54) is 11.1 Å². The summed E-state index contributed by atoms with van der Waals surface area (Å²) in [7, 11) is 0. The van der Waals surface area contributed by atoms with E-state index in [1.807, 2.05) is 42.5 Å². The van der Waals surface area contributed by atoms with Crippen LogP contribution in [0.4, 0.5) is 5.69 Å². The number of hydrogen-bond acceptors (Lipinski definition) is 2. The fourth-order valence-electron chi connectivity index (χ4n) is 2.73. The standard InChI is InChI=1S/C22H20Cl3NO/c1-14-4-3-5-21(15(14)2)26-12-17-10-19(24)22(20(25)11-17)27-13-16-6-8-18(23)9-7-16/h3-11,26H,12-13H2,1-2H3. The quantitative estimate of drug-likeness (QED) is 0.447. The second kappa shape index (κ2) is 8.88. The lowest BCUT2D eigenvalue weighted by Gasteiger charge is -2.14. The van der Waals surface area contributed by atoms with Crippen LogP contribution in [-0.2, 0) is 13.2 Å². The Labute approximate surface area is 175 Å². The summed E-state index contributed by atoms with van der Waals surface area (Å²) in [5.41, 5.74) is 5.57. The molecule has 0 aliphatic carbocycles. The lowest BCUT2D eigenvalue weighted by atomic mass is 10.1. The third-order valence-corrected chi connectivity index (χ3v) is 5.26. The zero-order valence-corrected chi connectivity index (χ0v) is 17.4. The van der Waals surface area contributed by atoms with Crippen molar-refractivity contribution in [1.82, 2.24) is 0 Å². The molecule has 0 radical (unpaired) electrons. The van der Waals surface area contributed by atoms with E-state index in [1.54, 1.807) is 0 Å². The molecule has 0 unspecified atom stereocenters. The normalized spacial score (nSPS) is 10.7. The van der Waals surface area contributed by atoms with Gasteiger partial charge in [-0.25, -0.2) is 0 Å². The summed E-state index contributed by atoms with van der Waals surface area (Å²) < 4.78 is 5.82. The van der Waals surface area contributed by atoms with Gasteiger partial charge in [0.2, 0.25) is 0 Å². The highest BCUT2D eigenvalue weighted by molar-refractivity contribution is 6.37. The third kappa shape index (κ3) is 5.10. The van der Waals surface area contributed by atoms with Gasteiger partial charge in [-0.3, -0.25) is 0 Å². The van der Waals surface area contributed by atoms with Gasteiger partial charge in [0.1, 0.15) is 6.61 Å². The molecule has 0 aromatic heterocycles. The average Bonchev–Trinajstić information content (AvgIpc) is 2.64. The molecule has 0 aliphatic heterocycles. The van der Waals surface area contributed by atoms with Crippen LogP contribution < -0.4 is 10.1 Å². The highest BCUT2D eigenvalue weighted by Gasteiger charge is 2.11. The molecule has 0 spiro atoms. The number of ether oxygens (including phenoxy) is 1. The number of hydrogen-bond donors (Lipinski definition) is 1. The van der Waals surface area contributed by atoms with Gasteiger partial charge in [-0.15, -0.1) is 0 Å². The molecule has 0 bridgehead atoms. The van der Waals surface area contributed by atoms with Crippen molar-refractivity contribution in [3.05, 3.63) is 91.9 Å². The number of halogens is 3. The highest BCUT2D eigenvalue weighted by atomic mass is 35.5. The SMILES string of the molecule is Cc1cccc(NCc2cc(Cl)c(OCc3ccc(Cl)cc3)c(Cl)c2)c1C. The first-order chi connectivity index (χ1) is 12.9. The summed E-state index contributed by atoms with van der Waals surface area (Å²) in [6, 6.07) is 17.4. The van der Waals surface area contributed by atoms with Crippen molar-refractivity contribution in [1.29, 1.82) is 0 Å². The van der Waals surface area contributed by atoms with Gasteiger partial charge in [-0.05, 0) is 66.4 Å². The number of rotatable bonds is 6. The maximum atomic E-state index is 6.41. The first kappa shape index (κ1) is 19.9. The topological polar surface area (TPSA) is 21.3 Å². The molecule has 27 heavy (non-hydrogen) atoms. The van der Waals surface area contributed by atoms with E-state index in [9.17, 15) is 0 Å². The van der Waals surface area contributed by atoms with Crippen molar-refractivity contribution in [2.75, 3.05) is 5.32 Å². The monoisotopic (exact) mass is 419 g/mol. The molecule has 0 heterocycles. The van der Waals surface area contributed by atoms with Gasteiger partial charge in [0.25, 0.3) is 0 Å². The van der Waals surface area contributed by atoms with Crippen molar-refractivity contribution < 1.29 is 4.74 Å². The minimum atomic E-state index is 0.372. The van der Waals surface area contributed by atoms with Gasteiger partial charge >= 0.3 is 0 Å². The lowest BCUT2D eigenvalue weighted by Crippen LogP contribution is -2.03. The van der Waals surface area contributed by atoms with Gasteiger partial charge in [0.15, 0.2) is 5.75 Å². The Kier molecular flexibility index (Phi) is 6.54. The van der Waals surface area contributed by atoms with Crippen LogP contribution in [0.3, 0.4) is 0 Å². The summed E-state index contributed by atoms with van der Waals surface area (Å²) in [4.78, 5) is 0. The lowest BCUT2D eigenvalue weighted by molar-refractivity contribution is 0.306. The second-order valence-corrected chi connectivity index (χ2v) is 7.66. The van der Waals surface area contributed by atoms with E-state index in [4.69, 9.17) is 39.5 Å². The summed E-state index contributed by atoms with van der Waals surface area (Å²) in [6.45, 7) is 5.20. The fraction of sp³-hybridized carbons (Fsp3) is 0.182. The minimum Gasteiger partial charge on any atom is -0.486 e. The van der Waals surface area contributed by atoms with E-state index in [0.29, 0.717) is 34.0 Å². The van der Waals surface area contributed by atoms with E-state index < -0.39 is 0 Å². The molecule has 0 saturated carbocycles. The molecule has 0 atom stereocenters. The molecular weight excluding hydrogens is 401 g/mol. The largest absolute Gasteiger partial charge is 0.486 e. The molecule has 3 aromatic rings. The predicted octanol–water partition coefficient (Wildman–Crippen LogP) is 7.45. The van der Waals surface area contributed by atoms with Gasteiger partial charge in [0.05, 0.1) is 10.0 Å². The van der Waals surface area contributed by atoms with E-state index in [2.05, 4.69) is 31.3 Å². The molecule has 2 nitrogen and oxygen atoms in total. The maximum Gasteiger partial charge on any atom is 0.156 e. The van der Waals surface area contributed by atoms with Gasteiger partial charge in [0, 0.05) is 17.3 Å². The molecule has 140 valence electrons. The van der Waals surface area contributed by atoms with Crippen molar-refractivity contribution in [2.45, 2.75) is 27.0 Å². The predicted molar refractivity (Wildman–Crippen MR) is 115 cm³/mol. The van der Waals surface area contributed by atoms with Crippen LogP contribution in [0, 0.1) is 13.8 Å². The second-order valence-electron chi connectivity index (χ2n) is 6.40. The number of benzene rings is 3. The first-order valence-corrected chi connectivity index (χ1v) is 9.72. The van der Waals surface area contributed by atoms with Crippen LogP contribution in [-0.4, -0.2) is 0 Å². The zero-order chi connectivity index (χ0) is 19.4. The zero-order valence-electron chi connectivity index (χ0n) is 15.2. The Bertz CT molecular complexity index is 916. The van der Waals surface area contributed by atoms with Crippen LogP contribution in [0.25, 0.3) is 0 Å². The van der Waals surface area contributed by atoms with Crippen LogP contribution in [0.15, 0.2) is 54.6 Å². The van der Waals surface area contributed by atoms with Crippen molar-refractivity contribution in [3.63, 3.8) is 0 Å². The molecule has 0 amide bonds. The first-order valence-electron chi connectivity index (χ1n) is 8.59. The number of aryl methyl sites for hydroxylation is 1. The van der Waals surface area contributed by atoms with Gasteiger partial charge in [-0.1, -0.05) is 59.1 Å². The summed E-state index contributed by atoms with van der Waals surface area (Å²) in [5.74, 6) is 0.490. The maximum absolute atomic E-state index is 6.41. The number of nitrogens with one attached hydrogen (secondary N) is 1. The fourth-order valence-corrected chi connectivity index (χ4v) is 3.50. The average molecular weight is 421 g/mol. The molecule has 3 rings (SSSR count). The Hall–Kier alpha value is -1.87. The highest BCUT2D eigenvalue weighted by Crippen LogP contribution is 2.35. The van der Waals surface area contributed by atoms with Gasteiger partial charge in [-0.2, -0.15) is 0 Å². The minimum absolute atomic E-state index is 0.372. The molecule has 3 aromatic carbocycles. The van der Waals surface area contributed by atoms with E-state index >= 15 is 0 Å². The molecule has 0 saturated heterocycles. The summed E-state index contributed by atoms with van der Waals surface area (Å²) in [6.07, 6.45) is 0. The Morgan fingerprint density at radius 2 is 1.52 bits per heavy atom. The van der Waals surface area contributed by atoms with Crippen LogP contribution in [0.1, 0.15) is 22.3 Å². The summed E-state index contributed by atoms with van der Waals surface area (Å²) >= 11 is 18.7.